The summed E-state index contributed by atoms with van der Waals surface area (Å²) in [7, 11) is 1.66. The number of nitrogens with one attached hydrogen (secondary N) is 1. The summed E-state index contributed by atoms with van der Waals surface area (Å²) in [5.74, 6) is 1.38. The maximum atomic E-state index is 12.3. The molecule has 2 rings (SSSR count). The molecule has 5 heteroatoms. The zero-order valence-corrected chi connectivity index (χ0v) is 17.4. The van der Waals surface area contributed by atoms with Gasteiger partial charge in [0.05, 0.1) is 17.6 Å². The standard InChI is InChI=1S/C21H26BrNO3/c1-5-15-7-9-20(17(22)12-15)26-13-21(24)23-18(6-2)16-8-10-19(25-4)14(3)11-16/h7-12,18H,5-6,13H2,1-4H3,(H,23,24). The van der Waals surface area contributed by atoms with Crippen molar-refractivity contribution in [3.63, 3.8) is 0 Å². The summed E-state index contributed by atoms with van der Waals surface area (Å²) in [5, 5.41) is 3.04. The molecule has 2 aromatic carbocycles. The first-order valence-electron chi connectivity index (χ1n) is 8.83. The van der Waals surface area contributed by atoms with Gasteiger partial charge in [0.2, 0.25) is 0 Å². The summed E-state index contributed by atoms with van der Waals surface area (Å²) in [6.07, 6.45) is 1.76. The highest BCUT2D eigenvalue weighted by Gasteiger charge is 2.15. The summed E-state index contributed by atoms with van der Waals surface area (Å²) >= 11 is 3.49. The lowest BCUT2D eigenvalue weighted by atomic mass is 10.0. The lowest BCUT2D eigenvalue weighted by molar-refractivity contribution is -0.123. The summed E-state index contributed by atoms with van der Waals surface area (Å²) in [6, 6.07) is 11.8. The van der Waals surface area contributed by atoms with Gasteiger partial charge in [-0.1, -0.05) is 32.0 Å². The van der Waals surface area contributed by atoms with Gasteiger partial charge >= 0.3 is 0 Å². The fraction of sp³-hybridized carbons (Fsp3) is 0.381. The van der Waals surface area contributed by atoms with E-state index in [4.69, 9.17) is 9.47 Å². The predicted octanol–water partition coefficient (Wildman–Crippen LogP) is 4.97. The number of hydrogen-bond donors (Lipinski definition) is 1. The first kappa shape index (κ1) is 20.3. The third kappa shape index (κ3) is 5.24. The number of carbonyl (C=O) groups excluding carboxylic acids is 1. The molecule has 0 heterocycles. The lowest BCUT2D eigenvalue weighted by Gasteiger charge is -2.19. The second-order valence-corrected chi connectivity index (χ2v) is 7.02. The second kappa shape index (κ2) is 9.62. The van der Waals surface area contributed by atoms with E-state index in [0.717, 1.165) is 34.2 Å². The van der Waals surface area contributed by atoms with E-state index in [1.807, 2.05) is 50.2 Å². The molecule has 1 unspecified atom stereocenters. The zero-order valence-electron chi connectivity index (χ0n) is 15.8. The molecule has 4 nitrogen and oxygen atoms in total. The van der Waals surface area contributed by atoms with Crippen molar-refractivity contribution in [2.24, 2.45) is 0 Å². The van der Waals surface area contributed by atoms with Gasteiger partial charge in [-0.2, -0.15) is 0 Å². The number of hydrogen-bond acceptors (Lipinski definition) is 3. The molecule has 1 N–H and O–H groups in total. The highest BCUT2D eigenvalue weighted by molar-refractivity contribution is 9.10. The van der Waals surface area contributed by atoms with Gasteiger partial charge in [-0.15, -0.1) is 0 Å². The zero-order chi connectivity index (χ0) is 19.1. The van der Waals surface area contributed by atoms with Crippen LogP contribution in [0.4, 0.5) is 0 Å². The summed E-state index contributed by atoms with van der Waals surface area (Å²) < 4.78 is 11.8. The molecule has 140 valence electrons. The number of amides is 1. The number of halogens is 1. The largest absolute Gasteiger partial charge is 0.496 e. The van der Waals surface area contributed by atoms with E-state index in [1.165, 1.54) is 5.56 Å². The molecule has 0 aliphatic rings. The van der Waals surface area contributed by atoms with Crippen molar-refractivity contribution in [3.05, 3.63) is 57.6 Å². The summed E-state index contributed by atoms with van der Waals surface area (Å²) in [6.45, 7) is 6.13. The molecule has 0 bridgehead atoms. The Morgan fingerprint density at radius 1 is 1.15 bits per heavy atom. The van der Waals surface area contributed by atoms with Gasteiger partial charge in [-0.25, -0.2) is 0 Å². The van der Waals surface area contributed by atoms with Crippen molar-refractivity contribution in [1.82, 2.24) is 5.32 Å². The van der Waals surface area contributed by atoms with E-state index in [1.54, 1.807) is 7.11 Å². The third-order valence-electron chi connectivity index (χ3n) is 4.33. The van der Waals surface area contributed by atoms with Crippen molar-refractivity contribution >= 4 is 21.8 Å². The van der Waals surface area contributed by atoms with Gasteiger partial charge < -0.3 is 14.8 Å². The van der Waals surface area contributed by atoms with Crippen LogP contribution in [0.1, 0.15) is 43.0 Å². The Kier molecular flexibility index (Phi) is 7.51. The number of benzene rings is 2. The van der Waals surface area contributed by atoms with Crippen molar-refractivity contribution in [2.75, 3.05) is 13.7 Å². The maximum absolute atomic E-state index is 12.3. The molecule has 1 amide bonds. The second-order valence-electron chi connectivity index (χ2n) is 6.16. The van der Waals surface area contributed by atoms with Crippen LogP contribution in [0.5, 0.6) is 11.5 Å². The minimum absolute atomic E-state index is 0.0181. The van der Waals surface area contributed by atoms with Gasteiger partial charge in [0, 0.05) is 0 Å². The summed E-state index contributed by atoms with van der Waals surface area (Å²) in [4.78, 5) is 12.3. The molecule has 0 aromatic heterocycles. The number of aryl methyl sites for hydroxylation is 2. The minimum atomic E-state index is -0.142. The van der Waals surface area contributed by atoms with Crippen molar-refractivity contribution in [3.8, 4) is 11.5 Å². The molecule has 0 saturated heterocycles. The fourth-order valence-electron chi connectivity index (χ4n) is 2.80. The SMILES string of the molecule is CCc1ccc(OCC(=O)NC(CC)c2ccc(OC)c(C)c2)c(Br)c1. The van der Waals surface area contributed by atoms with Crippen molar-refractivity contribution in [2.45, 2.75) is 39.7 Å². The van der Waals surface area contributed by atoms with Crippen LogP contribution in [0.2, 0.25) is 0 Å². The van der Waals surface area contributed by atoms with Crippen LogP contribution >= 0.6 is 15.9 Å². The Morgan fingerprint density at radius 2 is 1.88 bits per heavy atom. The molecule has 0 spiro atoms. The Morgan fingerprint density at radius 3 is 2.46 bits per heavy atom. The van der Waals surface area contributed by atoms with E-state index in [0.29, 0.717) is 5.75 Å². The first-order valence-corrected chi connectivity index (χ1v) is 9.62. The molecule has 0 saturated carbocycles. The lowest BCUT2D eigenvalue weighted by Crippen LogP contribution is -2.32. The average Bonchev–Trinajstić information content (AvgIpc) is 2.64. The van der Waals surface area contributed by atoms with Gasteiger partial charge in [0.25, 0.3) is 5.91 Å². The van der Waals surface area contributed by atoms with Gasteiger partial charge in [0.1, 0.15) is 11.5 Å². The number of ether oxygens (including phenoxy) is 2. The third-order valence-corrected chi connectivity index (χ3v) is 4.95. The van der Waals surface area contributed by atoms with Gasteiger partial charge in [-0.05, 0) is 70.6 Å². The van der Waals surface area contributed by atoms with Crippen LogP contribution in [0.15, 0.2) is 40.9 Å². The quantitative estimate of drug-likeness (QED) is 0.656. The smallest absolute Gasteiger partial charge is 0.258 e. The van der Waals surface area contributed by atoms with E-state index in [-0.39, 0.29) is 18.6 Å². The molecule has 2 aromatic rings. The van der Waals surface area contributed by atoms with E-state index >= 15 is 0 Å². The number of carbonyl (C=O) groups is 1. The normalized spacial score (nSPS) is 11.7. The summed E-state index contributed by atoms with van der Waals surface area (Å²) in [5.41, 5.74) is 3.33. The Balaban J connectivity index is 1.98. The molecule has 0 fully saturated rings. The van der Waals surface area contributed by atoms with Gasteiger partial charge in [0.15, 0.2) is 6.61 Å². The highest BCUT2D eigenvalue weighted by atomic mass is 79.9. The molecule has 1 atom stereocenters. The average molecular weight is 420 g/mol. The van der Waals surface area contributed by atoms with Crippen LogP contribution < -0.4 is 14.8 Å². The molecule has 0 radical (unpaired) electrons. The monoisotopic (exact) mass is 419 g/mol. The van der Waals surface area contributed by atoms with Crippen LogP contribution in [-0.4, -0.2) is 19.6 Å². The highest BCUT2D eigenvalue weighted by Crippen LogP contribution is 2.27. The minimum Gasteiger partial charge on any atom is -0.496 e. The number of rotatable bonds is 8. The number of methoxy groups -OCH3 is 1. The Hall–Kier alpha value is -2.01. The first-order chi connectivity index (χ1) is 12.5. The topological polar surface area (TPSA) is 47.6 Å². The maximum Gasteiger partial charge on any atom is 0.258 e. The molecular weight excluding hydrogens is 394 g/mol. The van der Waals surface area contributed by atoms with Crippen LogP contribution in [0, 0.1) is 6.92 Å². The van der Waals surface area contributed by atoms with Crippen LogP contribution in [-0.2, 0) is 11.2 Å². The molecule has 0 aliphatic carbocycles. The molecular formula is C21H26BrNO3. The van der Waals surface area contributed by atoms with E-state index < -0.39 is 0 Å². The van der Waals surface area contributed by atoms with Crippen LogP contribution in [0.3, 0.4) is 0 Å². The van der Waals surface area contributed by atoms with Gasteiger partial charge in [-0.3, -0.25) is 4.79 Å². The molecule has 26 heavy (non-hydrogen) atoms. The Labute approximate surface area is 164 Å². The van der Waals surface area contributed by atoms with E-state index in [9.17, 15) is 4.79 Å². The van der Waals surface area contributed by atoms with Crippen molar-refractivity contribution in [1.29, 1.82) is 0 Å². The molecule has 0 aliphatic heterocycles. The Bertz CT molecular complexity index is 761. The van der Waals surface area contributed by atoms with E-state index in [2.05, 4.69) is 28.2 Å². The fourth-order valence-corrected chi connectivity index (χ4v) is 3.34. The van der Waals surface area contributed by atoms with Crippen molar-refractivity contribution < 1.29 is 14.3 Å². The predicted molar refractivity (Wildman–Crippen MR) is 108 cm³/mol. The van der Waals surface area contributed by atoms with Crippen LogP contribution in [0.25, 0.3) is 0 Å².